The molecule has 1 aliphatic rings. The normalized spacial score (nSPS) is 24.3. The van der Waals surface area contributed by atoms with Crippen molar-refractivity contribution in [3.05, 3.63) is 12.3 Å². The lowest BCUT2D eigenvalue weighted by atomic mass is 10.0. The molecule has 0 amide bonds. The summed E-state index contributed by atoms with van der Waals surface area (Å²) in [4.78, 5) is 0. The third-order valence-corrected chi connectivity index (χ3v) is 2.30. The van der Waals surface area contributed by atoms with Crippen LogP contribution in [0.25, 0.3) is 0 Å². The van der Waals surface area contributed by atoms with E-state index in [-0.39, 0.29) is 0 Å². The van der Waals surface area contributed by atoms with Gasteiger partial charge in [0.05, 0.1) is 0 Å². The standard InChI is InChI=1S/C10H19N/c1-8(2)4-6-10-7-5-9(3)11-10/h8,10-11H,3-7H2,1-2H3. The van der Waals surface area contributed by atoms with E-state index in [1.807, 2.05) is 0 Å². The van der Waals surface area contributed by atoms with E-state index in [0.29, 0.717) is 0 Å². The topological polar surface area (TPSA) is 12.0 Å². The van der Waals surface area contributed by atoms with Crippen LogP contribution in [0.2, 0.25) is 0 Å². The molecule has 1 unspecified atom stereocenters. The van der Waals surface area contributed by atoms with Crippen molar-refractivity contribution in [2.24, 2.45) is 5.92 Å². The van der Waals surface area contributed by atoms with Crippen molar-refractivity contribution < 1.29 is 0 Å². The average Bonchev–Trinajstić information content (AvgIpc) is 2.31. The highest BCUT2D eigenvalue weighted by atomic mass is 14.9. The number of rotatable bonds is 3. The molecule has 1 aliphatic heterocycles. The van der Waals surface area contributed by atoms with Crippen LogP contribution >= 0.6 is 0 Å². The maximum Gasteiger partial charge on any atom is 0.0261 e. The van der Waals surface area contributed by atoms with Gasteiger partial charge >= 0.3 is 0 Å². The van der Waals surface area contributed by atoms with Gasteiger partial charge in [-0.15, -0.1) is 0 Å². The van der Waals surface area contributed by atoms with Crippen LogP contribution in [0.5, 0.6) is 0 Å². The van der Waals surface area contributed by atoms with Gasteiger partial charge in [-0.1, -0.05) is 20.4 Å². The molecule has 0 spiro atoms. The molecule has 1 fully saturated rings. The van der Waals surface area contributed by atoms with E-state index in [1.54, 1.807) is 0 Å². The van der Waals surface area contributed by atoms with Crippen LogP contribution in [0, 0.1) is 5.92 Å². The fraction of sp³-hybridized carbons (Fsp3) is 0.800. The molecule has 1 rings (SSSR count). The van der Waals surface area contributed by atoms with Crippen molar-refractivity contribution >= 4 is 0 Å². The van der Waals surface area contributed by atoms with Crippen molar-refractivity contribution in [3.63, 3.8) is 0 Å². The molecule has 1 heterocycles. The monoisotopic (exact) mass is 153 g/mol. The Hall–Kier alpha value is -0.460. The van der Waals surface area contributed by atoms with Crippen LogP contribution < -0.4 is 5.32 Å². The van der Waals surface area contributed by atoms with Crippen molar-refractivity contribution in [1.29, 1.82) is 0 Å². The zero-order chi connectivity index (χ0) is 8.27. The maximum absolute atomic E-state index is 3.92. The summed E-state index contributed by atoms with van der Waals surface area (Å²) in [7, 11) is 0. The molecular formula is C10H19N. The Morgan fingerprint density at radius 1 is 1.64 bits per heavy atom. The lowest BCUT2D eigenvalue weighted by Gasteiger charge is -2.11. The second-order valence-electron chi connectivity index (χ2n) is 3.95. The van der Waals surface area contributed by atoms with Crippen LogP contribution in [-0.4, -0.2) is 6.04 Å². The maximum atomic E-state index is 3.92. The fourth-order valence-electron chi connectivity index (χ4n) is 1.53. The summed E-state index contributed by atoms with van der Waals surface area (Å²) in [5.41, 5.74) is 1.23. The van der Waals surface area contributed by atoms with Crippen LogP contribution in [-0.2, 0) is 0 Å². The minimum Gasteiger partial charge on any atom is -0.386 e. The fourth-order valence-corrected chi connectivity index (χ4v) is 1.53. The number of nitrogens with one attached hydrogen (secondary N) is 1. The zero-order valence-electron chi connectivity index (χ0n) is 7.69. The van der Waals surface area contributed by atoms with E-state index < -0.39 is 0 Å². The molecule has 0 radical (unpaired) electrons. The van der Waals surface area contributed by atoms with Gasteiger partial charge < -0.3 is 5.32 Å². The van der Waals surface area contributed by atoms with E-state index in [2.05, 4.69) is 25.7 Å². The summed E-state index contributed by atoms with van der Waals surface area (Å²) >= 11 is 0. The van der Waals surface area contributed by atoms with Crippen molar-refractivity contribution in [2.75, 3.05) is 0 Å². The molecule has 1 saturated heterocycles. The molecule has 1 N–H and O–H groups in total. The minimum absolute atomic E-state index is 0.727. The predicted octanol–water partition coefficient (Wildman–Crippen LogP) is 2.69. The molecule has 64 valence electrons. The van der Waals surface area contributed by atoms with Gasteiger partial charge in [0.1, 0.15) is 0 Å². The van der Waals surface area contributed by atoms with Gasteiger partial charge in [0.25, 0.3) is 0 Å². The quantitative estimate of drug-likeness (QED) is 0.657. The first-order valence-electron chi connectivity index (χ1n) is 4.63. The first-order chi connectivity index (χ1) is 5.18. The molecule has 1 atom stereocenters. The predicted molar refractivity (Wildman–Crippen MR) is 49.4 cm³/mol. The van der Waals surface area contributed by atoms with E-state index >= 15 is 0 Å². The summed E-state index contributed by atoms with van der Waals surface area (Å²) < 4.78 is 0. The minimum atomic E-state index is 0.727. The largest absolute Gasteiger partial charge is 0.386 e. The molecule has 0 aromatic heterocycles. The van der Waals surface area contributed by atoms with Gasteiger partial charge in [-0.25, -0.2) is 0 Å². The van der Waals surface area contributed by atoms with Crippen molar-refractivity contribution in [2.45, 2.75) is 45.6 Å². The molecule has 1 heteroatoms. The smallest absolute Gasteiger partial charge is 0.0261 e. The number of allylic oxidation sites excluding steroid dienone is 1. The van der Waals surface area contributed by atoms with Gasteiger partial charge in [0.2, 0.25) is 0 Å². The van der Waals surface area contributed by atoms with E-state index in [0.717, 1.165) is 12.0 Å². The Labute approximate surface area is 69.9 Å². The Morgan fingerprint density at radius 2 is 2.36 bits per heavy atom. The Bertz CT molecular complexity index is 138. The third kappa shape index (κ3) is 2.96. The second-order valence-corrected chi connectivity index (χ2v) is 3.95. The second kappa shape index (κ2) is 3.80. The van der Waals surface area contributed by atoms with Gasteiger partial charge in [0, 0.05) is 11.7 Å². The van der Waals surface area contributed by atoms with Crippen molar-refractivity contribution in [3.8, 4) is 0 Å². The lowest BCUT2D eigenvalue weighted by molar-refractivity contribution is 0.476. The number of hydrogen-bond donors (Lipinski definition) is 1. The highest BCUT2D eigenvalue weighted by Crippen LogP contribution is 2.19. The third-order valence-electron chi connectivity index (χ3n) is 2.30. The highest BCUT2D eigenvalue weighted by Gasteiger charge is 2.16. The number of hydrogen-bond acceptors (Lipinski definition) is 1. The summed E-state index contributed by atoms with van der Waals surface area (Å²) in [6.07, 6.45) is 5.13. The van der Waals surface area contributed by atoms with Gasteiger partial charge in [-0.2, -0.15) is 0 Å². The highest BCUT2D eigenvalue weighted by molar-refractivity contribution is 5.00. The molecule has 0 aromatic rings. The zero-order valence-corrected chi connectivity index (χ0v) is 7.69. The molecule has 0 bridgehead atoms. The Kier molecular flexibility index (Phi) is 2.98. The van der Waals surface area contributed by atoms with Crippen LogP contribution in [0.1, 0.15) is 39.5 Å². The molecule has 0 aliphatic carbocycles. The van der Waals surface area contributed by atoms with E-state index in [1.165, 1.54) is 31.4 Å². The summed E-state index contributed by atoms with van der Waals surface area (Å²) in [6.45, 7) is 8.48. The van der Waals surface area contributed by atoms with Crippen LogP contribution in [0.15, 0.2) is 12.3 Å². The molecule has 1 nitrogen and oxygen atoms in total. The first-order valence-corrected chi connectivity index (χ1v) is 4.63. The summed E-state index contributed by atoms with van der Waals surface area (Å²) in [6, 6.07) is 0.727. The van der Waals surface area contributed by atoms with Gasteiger partial charge in [0.15, 0.2) is 0 Å². The molecule has 0 aromatic carbocycles. The average molecular weight is 153 g/mol. The molecule has 11 heavy (non-hydrogen) atoms. The van der Waals surface area contributed by atoms with E-state index in [9.17, 15) is 0 Å². The molecular weight excluding hydrogens is 134 g/mol. The van der Waals surface area contributed by atoms with Gasteiger partial charge in [-0.05, 0) is 31.6 Å². The van der Waals surface area contributed by atoms with Crippen LogP contribution in [0.3, 0.4) is 0 Å². The summed E-state index contributed by atoms with van der Waals surface area (Å²) in [5.74, 6) is 0.839. The van der Waals surface area contributed by atoms with Crippen LogP contribution in [0.4, 0.5) is 0 Å². The first kappa shape index (κ1) is 8.63. The summed E-state index contributed by atoms with van der Waals surface area (Å²) in [5, 5.41) is 3.41. The van der Waals surface area contributed by atoms with Crippen molar-refractivity contribution in [1.82, 2.24) is 5.32 Å². The SMILES string of the molecule is C=C1CCC(CCC(C)C)N1. The van der Waals surface area contributed by atoms with Gasteiger partial charge in [-0.3, -0.25) is 0 Å². The molecule has 0 saturated carbocycles. The van der Waals surface area contributed by atoms with E-state index in [4.69, 9.17) is 0 Å². The Balaban J connectivity index is 2.13. The lowest BCUT2D eigenvalue weighted by Crippen LogP contribution is -2.20. The Morgan fingerprint density at radius 3 is 2.82 bits per heavy atom.